The highest BCUT2D eigenvalue weighted by Gasteiger charge is 2.09. The van der Waals surface area contributed by atoms with E-state index in [9.17, 15) is 4.39 Å². The number of benzene rings is 1. The lowest BCUT2D eigenvalue weighted by atomic mass is 10.3. The van der Waals surface area contributed by atoms with Crippen molar-refractivity contribution in [1.29, 1.82) is 0 Å². The number of hydrogen-bond donors (Lipinski definition) is 2. The van der Waals surface area contributed by atoms with E-state index in [1.165, 1.54) is 18.3 Å². The summed E-state index contributed by atoms with van der Waals surface area (Å²) >= 11 is 11.7. The average molecular weight is 315 g/mol. The Kier molecular flexibility index (Phi) is 4.98. The third kappa shape index (κ3) is 3.71. The van der Waals surface area contributed by atoms with Crippen LogP contribution in [0.2, 0.25) is 10.0 Å². The SMILES string of the molecule is CCCNc1ncc(Cl)c(Nc2ccc(Cl)cc2F)n1. The Morgan fingerprint density at radius 2 is 2.10 bits per heavy atom. The van der Waals surface area contributed by atoms with Gasteiger partial charge in [0.25, 0.3) is 0 Å². The van der Waals surface area contributed by atoms with E-state index in [0.29, 0.717) is 21.8 Å². The Bertz CT molecular complexity index is 607. The van der Waals surface area contributed by atoms with Crippen LogP contribution in [0.3, 0.4) is 0 Å². The molecule has 0 aliphatic carbocycles. The fourth-order valence-electron chi connectivity index (χ4n) is 1.50. The van der Waals surface area contributed by atoms with Crippen LogP contribution in [0.4, 0.5) is 21.8 Å². The van der Waals surface area contributed by atoms with Crippen molar-refractivity contribution in [3.63, 3.8) is 0 Å². The van der Waals surface area contributed by atoms with E-state index < -0.39 is 5.82 Å². The van der Waals surface area contributed by atoms with Gasteiger partial charge in [-0.2, -0.15) is 4.98 Å². The highest BCUT2D eigenvalue weighted by Crippen LogP contribution is 2.26. The average Bonchev–Trinajstić information content (AvgIpc) is 2.42. The van der Waals surface area contributed by atoms with Crippen LogP contribution in [0.15, 0.2) is 24.4 Å². The number of hydrogen-bond acceptors (Lipinski definition) is 4. The molecule has 0 atom stereocenters. The van der Waals surface area contributed by atoms with Crippen molar-refractivity contribution in [2.45, 2.75) is 13.3 Å². The molecule has 20 heavy (non-hydrogen) atoms. The summed E-state index contributed by atoms with van der Waals surface area (Å²) in [7, 11) is 0. The van der Waals surface area contributed by atoms with Crippen molar-refractivity contribution in [3.05, 3.63) is 40.3 Å². The molecule has 2 N–H and O–H groups in total. The van der Waals surface area contributed by atoms with Gasteiger partial charge in [-0.1, -0.05) is 30.1 Å². The van der Waals surface area contributed by atoms with E-state index in [-0.39, 0.29) is 5.69 Å². The Balaban J connectivity index is 2.23. The molecule has 0 fully saturated rings. The molecule has 0 aliphatic heterocycles. The van der Waals surface area contributed by atoms with Crippen molar-refractivity contribution in [3.8, 4) is 0 Å². The number of rotatable bonds is 5. The third-order valence-electron chi connectivity index (χ3n) is 2.46. The van der Waals surface area contributed by atoms with Crippen LogP contribution in [0.1, 0.15) is 13.3 Å². The topological polar surface area (TPSA) is 49.8 Å². The van der Waals surface area contributed by atoms with Gasteiger partial charge in [0, 0.05) is 11.6 Å². The van der Waals surface area contributed by atoms with Gasteiger partial charge in [-0.3, -0.25) is 0 Å². The maximum Gasteiger partial charge on any atom is 0.224 e. The number of nitrogens with one attached hydrogen (secondary N) is 2. The number of aromatic nitrogens is 2. The fraction of sp³-hybridized carbons (Fsp3) is 0.231. The standard InChI is InChI=1S/C13H13Cl2FN4/c1-2-5-17-13-18-7-9(15)12(20-13)19-11-4-3-8(14)6-10(11)16/h3-4,6-7H,2,5H2,1H3,(H2,17,18,19,20). The van der Waals surface area contributed by atoms with Gasteiger partial charge >= 0.3 is 0 Å². The van der Waals surface area contributed by atoms with Crippen LogP contribution in [-0.4, -0.2) is 16.5 Å². The molecular formula is C13H13Cl2FN4. The maximum absolute atomic E-state index is 13.7. The predicted octanol–water partition coefficient (Wildman–Crippen LogP) is 4.49. The quantitative estimate of drug-likeness (QED) is 0.853. The van der Waals surface area contributed by atoms with Crippen molar-refractivity contribution in [2.24, 2.45) is 0 Å². The lowest BCUT2D eigenvalue weighted by Crippen LogP contribution is -2.06. The molecule has 0 saturated carbocycles. The predicted molar refractivity (Wildman–Crippen MR) is 80.5 cm³/mol. The lowest BCUT2D eigenvalue weighted by Gasteiger charge is -2.10. The van der Waals surface area contributed by atoms with Crippen molar-refractivity contribution in [1.82, 2.24) is 9.97 Å². The summed E-state index contributed by atoms with van der Waals surface area (Å²) in [6, 6.07) is 4.32. The number of nitrogens with zero attached hydrogens (tertiary/aromatic N) is 2. The largest absolute Gasteiger partial charge is 0.354 e. The Morgan fingerprint density at radius 1 is 1.30 bits per heavy atom. The van der Waals surface area contributed by atoms with E-state index in [1.807, 2.05) is 6.92 Å². The first kappa shape index (κ1) is 14.8. The van der Waals surface area contributed by atoms with Crippen molar-refractivity contribution < 1.29 is 4.39 Å². The van der Waals surface area contributed by atoms with Gasteiger partial charge in [0.15, 0.2) is 5.82 Å². The molecule has 0 saturated heterocycles. The maximum atomic E-state index is 13.7. The normalized spacial score (nSPS) is 10.4. The summed E-state index contributed by atoms with van der Waals surface area (Å²) in [5, 5.41) is 6.50. The summed E-state index contributed by atoms with van der Waals surface area (Å²) in [6.45, 7) is 2.78. The highest BCUT2D eigenvalue weighted by molar-refractivity contribution is 6.33. The molecular weight excluding hydrogens is 302 g/mol. The first-order chi connectivity index (χ1) is 9.60. The molecule has 2 aromatic rings. The van der Waals surface area contributed by atoms with Gasteiger partial charge in [-0.05, 0) is 24.6 Å². The molecule has 7 heteroatoms. The van der Waals surface area contributed by atoms with Gasteiger partial charge in [0.2, 0.25) is 5.95 Å². The molecule has 0 spiro atoms. The summed E-state index contributed by atoms with van der Waals surface area (Å²) < 4.78 is 13.7. The van der Waals surface area contributed by atoms with E-state index in [1.54, 1.807) is 6.07 Å². The van der Waals surface area contributed by atoms with Gasteiger partial charge in [0.1, 0.15) is 10.8 Å². The van der Waals surface area contributed by atoms with Crippen LogP contribution >= 0.6 is 23.2 Å². The van der Waals surface area contributed by atoms with E-state index in [4.69, 9.17) is 23.2 Å². The zero-order valence-corrected chi connectivity index (χ0v) is 12.3. The molecule has 0 amide bonds. The van der Waals surface area contributed by atoms with Gasteiger partial charge in [-0.15, -0.1) is 0 Å². The van der Waals surface area contributed by atoms with Crippen LogP contribution < -0.4 is 10.6 Å². The first-order valence-electron chi connectivity index (χ1n) is 6.08. The minimum absolute atomic E-state index is 0.247. The minimum atomic E-state index is -0.477. The monoisotopic (exact) mass is 314 g/mol. The van der Waals surface area contributed by atoms with Crippen LogP contribution in [0, 0.1) is 5.82 Å². The van der Waals surface area contributed by atoms with Crippen LogP contribution in [0.5, 0.6) is 0 Å². The van der Waals surface area contributed by atoms with Crippen LogP contribution in [-0.2, 0) is 0 Å². The second-order valence-corrected chi connectivity index (χ2v) is 4.91. The van der Waals surface area contributed by atoms with Crippen molar-refractivity contribution in [2.75, 3.05) is 17.2 Å². The van der Waals surface area contributed by atoms with Gasteiger partial charge < -0.3 is 10.6 Å². The third-order valence-corrected chi connectivity index (χ3v) is 2.97. The molecule has 0 bridgehead atoms. The molecule has 0 aliphatic rings. The molecule has 106 valence electrons. The molecule has 1 aromatic carbocycles. The van der Waals surface area contributed by atoms with Crippen LogP contribution in [0.25, 0.3) is 0 Å². The summed E-state index contributed by atoms with van der Waals surface area (Å²) in [5.74, 6) is 0.296. The van der Waals surface area contributed by atoms with E-state index >= 15 is 0 Å². The molecule has 0 unspecified atom stereocenters. The summed E-state index contributed by atoms with van der Waals surface area (Å²) in [4.78, 5) is 8.25. The number of anilines is 3. The lowest BCUT2D eigenvalue weighted by molar-refractivity contribution is 0.632. The Hall–Kier alpha value is -1.59. The van der Waals surface area contributed by atoms with E-state index in [0.717, 1.165) is 13.0 Å². The fourth-order valence-corrected chi connectivity index (χ4v) is 1.79. The molecule has 0 radical (unpaired) electrons. The highest BCUT2D eigenvalue weighted by atomic mass is 35.5. The second kappa shape index (κ2) is 6.72. The van der Waals surface area contributed by atoms with E-state index in [2.05, 4.69) is 20.6 Å². The Morgan fingerprint density at radius 3 is 2.80 bits per heavy atom. The molecule has 1 aromatic heterocycles. The Labute approximate surface area is 126 Å². The smallest absolute Gasteiger partial charge is 0.224 e. The second-order valence-electron chi connectivity index (χ2n) is 4.07. The zero-order valence-electron chi connectivity index (χ0n) is 10.8. The molecule has 1 heterocycles. The first-order valence-corrected chi connectivity index (χ1v) is 6.84. The summed E-state index contributed by atoms with van der Waals surface area (Å²) in [6.07, 6.45) is 2.41. The minimum Gasteiger partial charge on any atom is -0.354 e. The van der Waals surface area contributed by atoms with Gasteiger partial charge in [-0.25, -0.2) is 9.37 Å². The zero-order chi connectivity index (χ0) is 14.5. The number of halogens is 3. The van der Waals surface area contributed by atoms with Crippen molar-refractivity contribution >= 4 is 40.7 Å². The van der Waals surface area contributed by atoms with Gasteiger partial charge in [0.05, 0.1) is 11.9 Å². The summed E-state index contributed by atoms with van der Waals surface area (Å²) in [5.41, 5.74) is 0.247. The molecule has 4 nitrogen and oxygen atoms in total. The molecule has 2 rings (SSSR count).